The van der Waals surface area contributed by atoms with E-state index in [1.54, 1.807) is 49.5 Å². The quantitative estimate of drug-likeness (QED) is 0.704. The Bertz CT molecular complexity index is 1030. The van der Waals surface area contributed by atoms with E-state index in [4.69, 9.17) is 15.6 Å². The maximum absolute atomic E-state index is 12.5. The van der Waals surface area contributed by atoms with Gasteiger partial charge in [-0.05, 0) is 53.7 Å². The van der Waals surface area contributed by atoms with Gasteiger partial charge in [-0.25, -0.2) is 9.79 Å². The normalized spacial score (nSPS) is 16.4. The van der Waals surface area contributed by atoms with Crippen molar-refractivity contribution in [2.75, 3.05) is 13.7 Å². The molecule has 29 heavy (non-hydrogen) atoms. The Kier molecular flexibility index (Phi) is 5.99. The first-order chi connectivity index (χ1) is 13.8. The molecule has 0 saturated carbocycles. The topological polar surface area (TPSA) is 122 Å². The predicted molar refractivity (Wildman–Crippen MR) is 110 cm³/mol. The maximum atomic E-state index is 12.5. The van der Waals surface area contributed by atoms with Gasteiger partial charge >= 0.3 is 5.97 Å². The summed E-state index contributed by atoms with van der Waals surface area (Å²) in [7, 11) is 1.61. The molecule has 0 aliphatic carbocycles. The Balaban J connectivity index is 1.78. The number of rotatable bonds is 6. The number of carboxylic acid groups (broad SMARTS) is 1. The zero-order valence-corrected chi connectivity index (χ0v) is 16.2. The van der Waals surface area contributed by atoms with Crippen LogP contribution in [0.2, 0.25) is 0 Å². The van der Waals surface area contributed by atoms with Crippen molar-refractivity contribution >= 4 is 46.5 Å². The van der Waals surface area contributed by atoms with Crippen molar-refractivity contribution in [3.63, 3.8) is 0 Å². The molecular formula is C20H17N3O5S. The third-order valence-corrected chi connectivity index (χ3v) is 4.94. The minimum absolute atomic E-state index is 0.123. The summed E-state index contributed by atoms with van der Waals surface area (Å²) in [4.78, 5) is 40.7. The zero-order chi connectivity index (χ0) is 21.0. The number of aromatic carboxylic acids is 1. The van der Waals surface area contributed by atoms with Crippen molar-refractivity contribution in [2.45, 2.75) is 0 Å². The van der Waals surface area contributed by atoms with Crippen LogP contribution in [0.15, 0.2) is 58.4 Å². The number of nitrogens with zero attached hydrogens (tertiary/aromatic N) is 2. The molecule has 148 valence electrons. The number of hydrogen-bond donors (Lipinski definition) is 2. The summed E-state index contributed by atoms with van der Waals surface area (Å²) in [5.41, 5.74) is 6.38. The van der Waals surface area contributed by atoms with Gasteiger partial charge in [-0.2, -0.15) is 0 Å². The second kappa shape index (κ2) is 8.61. The summed E-state index contributed by atoms with van der Waals surface area (Å²) in [5.74, 6) is -1.32. The molecule has 8 nitrogen and oxygen atoms in total. The number of likely N-dealkylation sites (N-methyl/N-ethyl adjacent to an activating group) is 1. The maximum Gasteiger partial charge on any atom is 0.335 e. The monoisotopic (exact) mass is 411 g/mol. The number of ether oxygens (including phenoxy) is 1. The lowest BCUT2D eigenvalue weighted by Gasteiger charge is -2.07. The molecule has 2 aromatic carbocycles. The number of amidine groups is 1. The largest absolute Gasteiger partial charge is 0.484 e. The van der Waals surface area contributed by atoms with E-state index in [-0.39, 0.29) is 18.1 Å². The Morgan fingerprint density at radius 2 is 1.97 bits per heavy atom. The van der Waals surface area contributed by atoms with Crippen LogP contribution >= 0.6 is 11.8 Å². The van der Waals surface area contributed by atoms with E-state index in [1.807, 2.05) is 0 Å². The van der Waals surface area contributed by atoms with Crippen LogP contribution in [0.4, 0.5) is 5.69 Å². The number of primary amides is 1. The van der Waals surface area contributed by atoms with Crippen LogP contribution < -0.4 is 10.5 Å². The molecule has 3 N–H and O–H groups in total. The molecule has 0 atom stereocenters. The second-order valence-corrected chi connectivity index (χ2v) is 7.06. The van der Waals surface area contributed by atoms with Crippen molar-refractivity contribution < 1.29 is 24.2 Å². The summed E-state index contributed by atoms with van der Waals surface area (Å²) in [6.45, 7) is -0.206. The number of carbonyl (C=O) groups is 3. The average molecular weight is 411 g/mol. The molecule has 3 rings (SSSR count). The molecule has 0 spiro atoms. The van der Waals surface area contributed by atoms with E-state index in [2.05, 4.69) is 4.99 Å². The average Bonchev–Trinajstić information content (AvgIpc) is 2.95. The number of carbonyl (C=O) groups excluding carboxylic acids is 2. The summed E-state index contributed by atoms with van der Waals surface area (Å²) in [5, 5.41) is 9.54. The van der Waals surface area contributed by atoms with Crippen LogP contribution in [0.25, 0.3) is 6.08 Å². The van der Waals surface area contributed by atoms with Gasteiger partial charge < -0.3 is 15.6 Å². The van der Waals surface area contributed by atoms with Gasteiger partial charge in [-0.15, -0.1) is 0 Å². The van der Waals surface area contributed by atoms with Crippen molar-refractivity contribution in [2.24, 2.45) is 10.7 Å². The second-order valence-electron chi connectivity index (χ2n) is 6.05. The summed E-state index contributed by atoms with van der Waals surface area (Å²) in [6.07, 6.45) is 1.72. The van der Waals surface area contributed by atoms with Gasteiger partial charge in [0.15, 0.2) is 11.8 Å². The number of nitrogens with two attached hydrogens (primary N) is 1. The van der Waals surface area contributed by atoms with Crippen molar-refractivity contribution in [1.82, 2.24) is 4.90 Å². The van der Waals surface area contributed by atoms with Crippen LogP contribution in [0.3, 0.4) is 0 Å². The number of aliphatic imine (C=N–C) groups is 1. The van der Waals surface area contributed by atoms with E-state index in [0.29, 0.717) is 21.5 Å². The summed E-state index contributed by atoms with van der Waals surface area (Å²) in [6, 6.07) is 13.1. The van der Waals surface area contributed by atoms with E-state index in [9.17, 15) is 14.4 Å². The highest BCUT2D eigenvalue weighted by Crippen LogP contribution is 2.33. The number of carboxylic acids is 1. The van der Waals surface area contributed by atoms with E-state index < -0.39 is 11.9 Å². The number of thioether (sulfide) groups is 1. The molecule has 2 aromatic rings. The first kappa shape index (κ1) is 20.2. The SMILES string of the molecule is CN1C(=O)/C(=C/c2ccc(OCC(N)=O)cc2)SC1=Nc1cccc(C(=O)O)c1. The van der Waals surface area contributed by atoms with Gasteiger partial charge in [0.1, 0.15) is 5.75 Å². The van der Waals surface area contributed by atoms with Crippen LogP contribution in [-0.4, -0.2) is 46.6 Å². The third-order valence-electron chi connectivity index (χ3n) is 3.88. The molecule has 0 aromatic heterocycles. The molecule has 0 unspecified atom stereocenters. The molecule has 0 radical (unpaired) electrons. The van der Waals surface area contributed by atoms with Crippen molar-refractivity contribution in [3.8, 4) is 5.75 Å². The highest BCUT2D eigenvalue weighted by Gasteiger charge is 2.30. The first-order valence-electron chi connectivity index (χ1n) is 8.44. The van der Waals surface area contributed by atoms with Gasteiger partial charge in [0.2, 0.25) is 0 Å². The van der Waals surface area contributed by atoms with Gasteiger partial charge in [-0.1, -0.05) is 18.2 Å². The van der Waals surface area contributed by atoms with Crippen LogP contribution in [0, 0.1) is 0 Å². The van der Waals surface area contributed by atoms with E-state index >= 15 is 0 Å². The summed E-state index contributed by atoms with van der Waals surface area (Å²) >= 11 is 1.20. The lowest BCUT2D eigenvalue weighted by atomic mass is 10.2. The zero-order valence-electron chi connectivity index (χ0n) is 15.4. The van der Waals surface area contributed by atoms with Crippen LogP contribution in [0.5, 0.6) is 5.75 Å². The number of hydrogen-bond acceptors (Lipinski definition) is 6. The molecule has 1 fully saturated rings. The fourth-order valence-corrected chi connectivity index (χ4v) is 3.42. The van der Waals surface area contributed by atoms with E-state index in [0.717, 1.165) is 5.56 Å². The van der Waals surface area contributed by atoms with Gasteiger partial charge in [-0.3, -0.25) is 14.5 Å². The Hall–Kier alpha value is -3.59. The highest BCUT2D eigenvalue weighted by molar-refractivity contribution is 8.18. The standard InChI is InChI=1S/C20H17N3O5S/c1-23-18(25)16(9-12-5-7-15(8-6-12)28-11-17(21)24)29-20(23)22-14-4-2-3-13(10-14)19(26)27/h2-10H,11H2,1H3,(H2,21,24)(H,26,27)/b16-9-,22-20?. The third kappa shape index (κ3) is 5.02. The predicted octanol–water partition coefficient (Wildman–Crippen LogP) is 2.48. The minimum Gasteiger partial charge on any atom is -0.484 e. The van der Waals surface area contributed by atoms with Crippen LogP contribution in [-0.2, 0) is 9.59 Å². The number of benzene rings is 2. The van der Waals surface area contributed by atoms with Crippen molar-refractivity contribution in [3.05, 3.63) is 64.6 Å². The lowest BCUT2D eigenvalue weighted by molar-refractivity contribution is -0.121. The lowest BCUT2D eigenvalue weighted by Crippen LogP contribution is -2.23. The molecule has 1 aliphatic heterocycles. The fraction of sp³-hybridized carbons (Fsp3) is 0.100. The Morgan fingerprint density at radius 3 is 2.62 bits per heavy atom. The molecule has 1 saturated heterocycles. The molecule has 0 bridgehead atoms. The fourth-order valence-electron chi connectivity index (χ4n) is 2.44. The molecule has 1 aliphatic rings. The highest BCUT2D eigenvalue weighted by atomic mass is 32.2. The Labute approximate surface area is 170 Å². The molecular weight excluding hydrogens is 394 g/mol. The summed E-state index contributed by atoms with van der Waals surface area (Å²) < 4.78 is 5.20. The van der Waals surface area contributed by atoms with Gasteiger partial charge in [0, 0.05) is 7.05 Å². The van der Waals surface area contributed by atoms with Gasteiger partial charge in [0.25, 0.3) is 11.8 Å². The molecule has 1 heterocycles. The molecule has 2 amide bonds. The smallest absolute Gasteiger partial charge is 0.335 e. The minimum atomic E-state index is -1.04. The van der Waals surface area contributed by atoms with E-state index in [1.165, 1.54) is 28.8 Å². The van der Waals surface area contributed by atoms with Gasteiger partial charge in [0.05, 0.1) is 16.2 Å². The Morgan fingerprint density at radius 1 is 1.24 bits per heavy atom. The van der Waals surface area contributed by atoms with Crippen LogP contribution in [0.1, 0.15) is 15.9 Å². The molecule has 9 heteroatoms. The van der Waals surface area contributed by atoms with Crippen molar-refractivity contribution in [1.29, 1.82) is 0 Å². The number of amides is 2. The first-order valence-corrected chi connectivity index (χ1v) is 9.26.